The summed E-state index contributed by atoms with van der Waals surface area (Å²) in [6, 6.07) is 10.00. The van der Waals surface area contributed by atoms with Gasteiger partial charge in [0.15, 0.2) is 0 Å². The first-order chi connectivity index (χ1) is 9.45. The van der Waals surface area contributed by atoms with Crippen LogP contribution in [-0.2, 0) is 16.1 Å². The minimum atomic E-state index is -0.306. The monoisotopic (exact) mass is 276 g/mol. The minimum absolute atomic E-state index is 0.0477. The van der Waals surface area contributed by atoms with Crippen LogP contribution in [0.15, 0.2) is 30.3 Å². The van der Waals surface area contributed by atoms with Gasteiger partial charge >= 0.3 is 0 Å². The summed E-state index contributed by atoms with van der Waals surface area (Å²) in [5.74, 6) is 0.266. The molecular weight excluding hydrogens is 252 g/mol. The summed E-state index contributed by atoms with van der Waals surface area (Å²) in [6.45, 7) is 6.83. The predicted octanol–water partition coefficient (Wildman–Crippen LogP) is 2.01. The van der Waals surface area contributed by atoms with Crippen LogP contribution in [0.1, 0.15) is 26.3 Å². The Morgan fingerprint density at radius 1 is 1.40 bits per heavy atom. The second kappa shape index (κ2) is 5.94. The van der Waals surface area contributed by atoms with E-state index in [9.17, 15) is 4.79 Å². The van der Waals surface area contributed by atoms with E-state index in [1.54, 1.807) is 7.11 Å². The Labute approximate surface area is 121 Å². The second-order valence-electron chi connectivity index (χ2n) is 6.16. The molecule has 2 rings (SSSR count). The lowest BCUT2D eigenvalue weighted by Gasteiger charge is -2.45. The highest BCUT2D eigenvalue weighted by molar-refractivity contribution is 5.83. The smallest absolute Gasteiger partial charge is 0.240 e. The average molecular weight is 276 g/mol. The van der Waals surface area contributed by atoms with Crippen molar-refractivity contribution in [2.45, 2.75) is 38.8 Å². The molecule has 2 atom stereocenters. The summed E-state index contributed by atoms with van der Waals surface area (Å²) < 4.78 is 0. The summed E-state index contributed by atoms with van der Waals surface area (Å²) in [5.41, 5.74) is 0.911. The maximum atomic E-state index is 12.4. The van der Waals surface area contributed by atoms with E-state index in [1.807, 2.05) is 37.1 Å². The summed E-state index contributed by atoms with van der Waals surface area (Å²) in [6.07, 6.45) is 0.796. The van der Waals surface area contributed by atoms with Gasteiger partial charge in [0.05, 0.1) is 12.6 Å². The molecule has 1 fully saturated rings. The van der Waals surface area contributed by atoms with Crippen LogP contribution in [0, 0.1) is 5.92 Å². The third-order valence-electron chi connectivity index (χ3n) is 3.81. The first-order valence-electron chi connectivity index (χ1n) is 7.12. The molecule has 1 aliphatic rings. The van der Waals surface area contributed by atoms with Crippen molar-refractivity contribution in [2.24, 2.45) is 5.92 Å². The number of carbonyl (C=O) groups excluding carboxylic acids is 1. The molecule has 4 heteroatoms. The number of nitrogens with zero attached hydrogens (tertiary/aromatic N) is 1. The molecule has 0 unspecified atom stereocenters. The van der Waals surface area contributed by atoms with Crippen molar-refractivity contribution in [3.05, 3.63) is 35.9 Å². The Balaban J connectivity index is 2.16. The first kappa shape index (κ1) is 15.0. The van der Waals surface area contributed by atoms with Crippen molar-refractivity contribution in [3.8, 4) is 0 Å². The highest BCUT2D eigenvalue weighted by atomic mass is 16.7. The van der Waals surface area contributed by atoms with Crippen LogP contribution < -0.4 is 5.32 Å². The van der Waals surface area contributed by atoms with E-state index in [0.29, 0.717) is 6.54 Å². The number of hydroxylamine groups is 2. The number of piperazine rings is 1. The van der Waals surface area contributed by atoms with E-state index in [1.165, 1.54) is 5.56 Å². The number of hydrogen-bond acceptors (Lipinski definition) is 3. The molecule has 110 valence electrons. The first-order valence-corrected chi connectivity index (χ1v) is 7.12. The van der Waals surface area contributed by atoms with Crippen LogP contribution in [0.3, 0.4) is 0 Å². The number of nitrogens with one attached hydrogen (secondary N) is 1. The maximum absolute atomic E-state index is 12.4. The van der Waals surface area contributed by atoms with E-state index in [4.69, 9.17) is 4.84 Å². The van der Waals surface area contributed by atoms with E-state index in [0.717, 1.165) is 6.42 Å². The fourth-order valence-electron chi connectivity index (χ4n) is 2.94. The van der Waals surface area contributed by atoms with Gasteiger partial charge in [-0.15, -0.1) is 0 Å². The zero-order valence-electron chi connectivity index (χ0n) is 12.7. The molecule has 1 N–H and O–H groups in total. The standard InChI is InChI=1S/C16H24N2O2/c1-12(2)14-15(19)17-16(3,11-18(14)20-4)10-13-8-6-5-7-9-13/h5-9,12,14H,10-11H2,1-4H3,(H,17,19)/t14-,16+/m0/s1. The molecular formula is C16H24N2O2. The number of carbonyl (C=O) groups is 1. The van der Waals surface area contributed by atoms with Gasteiger partial charge in [0.25, 0.3) is 0 Å². The van der Waals surface area contributed by atoms with Gasteiger partial charge in [-0.1, -0.05) is 44.2 Å². The van der Waals surface area contributed by atoms with Crippen molar-refractivity contribution >= 4 is 5.91 Å². The molecule has 20 heavy (non-hydrogen) atoms. The third-order valence-corrected chi connectivity index (χ3v) is 3.81. The van der Waals surface area contributed by atoms with Gasteiger partial charge in [0.1, 0.15) is 6.04 Å². The highest BCUT2D eigenvalue weighted by Crippen LogP contribution is 2.24. The molecule has 1 heterocycles. The molecule has 0 radical (unpaired) electrons. The van der Waals surface area contributed by atoms with E-state index in [-0.39, 0.29) is 23.4 Å². The van der Waals surface area contributed by atoms with Crippen LogP contribution in [0.5, 0.6) is 0 Å². The summed E-state index contributed by atoms with van der Waals surface area (Å²) in [7, 11) is 1.64. The molecule has 0 bridgehead atoms. The molecule has 1 aromatic carbocycles. The topological polar surface area (TPSA) is 41.6 Å². The molecule has 4 nitrogen and oxygen atoms in total. The van der Waals surface area contributed by atoms with Crippen LogP contribution in [0.25, 0.3) is 0 Å². The number of hydrogen-bond donors (Lipinski definition) is 1. The van der Waals surface area contributed by atoms with Gasteiger partial charge in [-0.3, -0.25) is 4.79 Å². The van der Waals surface area contributed by atoms with Gasteiger partial charge in [-0.2, -0.15) is 5.06 Å². The molecule has 0 aromatic heterocycles. The Morgan fingerprint density at radius 3 is 2.60 bits per heavy atom. The molecule has 1 aromatic rings. The normalized spacial score (nSPS) is 27.6. The van der Waals surface area contributed by atoms with Crippen molar-refractivity contribution in [1.82, 2.24) is 10.4 Å². The molecule has 0 spiro atoms. The maximum Gasteiger partial charge on any atom is 0.240 e. The van der Waals surface area contributed by atoms with E-state index < -0.39 is 0 Å². The zero-order chi connectivity index (χ0) is 14.8. The fraction of sp³-hybridized carbons (Fsp3) is 0.562. The highest BCUT2D eigenvalue weighted by Gasteiger charge is 2.42. The van der Waals surface area contributed by atoms with Crippen molar-refractivity contribution in [3.63, 3.8) is 0 Å². The quantitative estimate of drug-likeness (QED) is 0.914. The van der Waals surface area contributed by atoms with Gasteiger partial charge < -0.3 is 10.2 Å². The largest absolute Gasteiger partial charge is 0.348 e. The van der Waals surface area contributed by atoms with Crippen LogP contribution >= 0.6 is 0 Å². The van der Waals surface area contributed by atoms with Crippen LogP contribution in [0.2, 0.25) is 0 Å². The van der Waals surface area contributed by atoms with Crippen LogP contribution in [-0.4, -0.2) is 36.2 Å². The van der Waals surface area contributed by atoms with Crippen molar-refractivity contribution in [1.29, 1.82) is 0 Å². The lowest BCUT2D eigenvalue weighted by Crippen LogP contribution is -2.67. The lowest BCUT2D eigenvalue weighted by atomic mass is 9.87. The fourth-order valence-corrected chi connectivity index (χ4v) is 2.94. The Hall–Kier alpha value is -1.39. The summed E-state index contributed by atoms with van der Waals surface area (Å²) in [4.78, 5) is 17.8. The molecule has 1 saturated heterocycles. The van der Waals surface area contributed by atoms with E-state index >= 15 is 0 Å². The Morgan fingerprint density at radius 2 is 2.05 bits per heavy atom. The molecule has 0 aliphatic carbocycles. The summed E-state index contributed by atoms with van der Waals surface area (Å²) >= 11 is 0. The van der Waals surface area contributed by atoms with Crippen molar-refractivity contribution in [2.75, 3.05) is 13.7 Å². The van der Waals surface area contributed by atoms with Gasteiger partial charge in [0, 0.05) is 6.54 Å². The minimum Gasteiger partial charge on any atom is -0.348 e. The Kier molecular flexibility index (Phi) is 4.45. The Bertz CT molecular complexity index is 461. The van der Waals surface area contributed by atoms with Gasteiger partial charge in [-0.05, 0) is 24.8 Å². The molecule has 0 saturated carbocycles. The predicted molar refractivity (Wildman–Crippen MR) is 79.0 cm³/mol. The molecule has 1 aliphatic heterocycles. The zero-order valence-corrected chi connectivity index (χ0v) is 12.7. The van der Waals surface area contributed by atoms with Gasteiger partial charge in [0.2, 0.25) is 5.91 Å². The van der Waals surface area contributed by atoms with Gasteiger partial charge in [-0.25, -0.2) is 0 Å². The summed E-state index contributed by atoms with van der Waals surface area (Å²) in [5, 5.41) is 4.99. The average Bonchev–Trinajstić information content (AvgIpc) is 2.37. The lowest BCUT2D eigenvalue weighted by molar-refractivity contribution is -0.201. The number of benzene rings is 1. The number of rotatable bonds is 4. The second-order valence-corrected chi connectivity index (χ2v) is 6.16. The van der Waals surface area contributed by atoms with E-state index in [2.05, 4.69) is 24.4 Å². The SMILES string of the molecule is CON1C[C@@](C)(Cc2ccccc2)NC(=O)[C@@H]1C(C)C. The van der Waals surface area contributed by atoms with Crippen molar-refractivity contribution < 1.29 is 9.63 Å². The molecule has 1 amide bonds. The third kappa shape index (κ3) is 3.19. The van der Waals surface area contributed by atoms with Crippen LogP contribution in [0.4, 0.5) is 0 Å². The number of amides is 1.